The lowest BCUT2D eigenvalue weighted by Gasteiger charge is -2.24. The Morgan fingerprint density at radius 2 is 2.24 bits per heavy atom. The molecular formula is C12H18BrFN2O. The second-order valence-electron chi connectivity index (χ2n) is 3.90. The molecule has 0 saturated heterocycles. The van der Waals surface area contributed by atoms with Crippen LogP contribution < -0.4 is 11.3 Å². The molecule has 2 unspecified atom stereocenters. The molecule has 2 atom stereocenters. The van der Waals surface area contributed by atoms with Crippen molar-refractivity contribution in [3.8, 4) is 0 Å². The van der Waals surface area contributed by atoms with E-state index in [4.69, 9.17) is 10.6 Å². The number of rotatable bonds is 6. The van der Waals surface area contributed by atoms with E-state index in [9.17, 15) is 4.39 Å². The van der Waals surface area contributed by atoms with Crippen LogP contribution in [0.3, 0.4) is 0 Å². The molecule has 0 aliphatic carbocycles. The van der Waals surface area contributed by atoms with Crippen LogP contribution in [-0.4, -0.2) is 19.3 Å². The largest absolute Gasteiger partial charge is 0.380 e. The van der Waals surface area contributed by atoms with Crippen LogP contribution >= 0.6 is 15.9 Å². The first-order chi connectivity index (χ1) is 8.12. The van der Waals surface area contributed by atoms with Crippen molar-refractivity contribution < 1.29 is 9.13 Å². The standard InChI is InChI=1S/C12H18BrFN2O/c1-3-12(17-2)11(16-15)6-8-4-5-9(13)7-10(8)14/h4-5,7,11-12,16H,3,6,15H2,1-2H3. The third-order valence-corrected chi connectivity index (χ3v) is 3.32. The predicted molar refractivity (Wildman–Crippen MR) is 70.0 cm³/mol. The van der Waals surface area contributed by atoms with Gasteiger partial charge in [0.25, 0.3) is 0 Å². The summed E-state index contributed by atoms with van der Waals surface area (Å²) in [5.74, 6) is 5.26. The summed E-state index contributed by atoms with van der Waals surface area (Å²) in [5, 5.41) is 0. The van der Waals surface area contributed by atoms with Gasteiger partial charge in [0.05, 0.1) is 12.1 Å². The van der Waals surface area contributed by atoms with E-state index in [0.717, 1.165) is 10.9 Å². The lowest BCUT2D eigenvalue weighted by molar-refractivity contribution is 0.0651. The molecule has 0 bridgehead atoms. The van der Waals surface area contributed by atoms with Crippen molar-refractivity contribution in [2.24, 2.45) is 5.84 Å². The molecule has 0 aliphatic rings. The molecular weight excluding hydrogens is 287 g/mol. The normalized spacial score (nSPS) is 14.6. The Kier molecular flexibility index (Phi) is 6.05. The Labute approximate surface area is 110 Å². The van der Waals surface area contributed by atoms with E-state index >= 15 is 0 Å². The number of benzene rings is 1. The number of hydrogen-bond acceptors (Lipinski definition) is 3. The number of nitrogens with two attached hydrogens (primary N) is 1. The molecule has 3 nitrogen and oxygen atoms in total. The molecule has 0 spiro atoms. The molecule has 3 N–H and O–H groups in total. The zero-order valence-electron chi connectivity index (χ0n) is 10.0. The maximum Gasteiger partial charge on any atom is 0.127 e. The Morgan fingerprint density at radius 3 is 2.71 bits per heavy atom. The molecule has 1 aromatic rings. The summed E-state index contributed by atoms with van der Waals surface area (Å²) in [6, 6.07) is 4.93. The second-order valence-corrected chi connectivity index (χ2v) is 4.81. The van der Waals surface area contributed by atoms with Gasteiger partial charge in [0, 0.05) is 11.6 Å². The molecule has 5 heteroatoms. The predicted octanol–water partition coefficient (Wildman–Crippen LogP) is 2.39. The van der Waals surface area contributed by atoms with Gasteiger partial charge >= 0.3 is 0 Å². The Bertz CT molecular complexity index is 358. The fourth-order valence-corrected chi connectivity index (χ4v) is 2.17. The highest BCUT2D eigenvalue weighted by molar-refractivity contribution is 9.10. The quantitative estimate of drug-likeness (QED) is 0.627. The van der Waals surface area contributed by atoms with Crippen LogP contribution in [0.5, 0.6) is 0 Å². The number of halogens is 2. The minimum absolute atomic E-state index is 0.0250. The van der Waals surface area contributed by atoms with Gasteiger partial charge in [-0.25, -0.2) is 4.39 Å². The number of methoxy groups -OCH3 is 1. The molecule has 0 heterocycles. The van der Waals surface area contributed by atoms with Crippen LogP contribution in [0, 0.1) is 5.82 Å². The van der Waals surface area contributed by atoms with Crippen LogP contribution in [0.4, 0.5) is 4.39 Å². The molecule has 0 aliphatic heterocycles. The van der Waals surface area contributed by atoms with Gasteiger partial charge in [-0.05, 0) is 30.5 Å². The number of ether oxygens (including phenoxy) is 1. The summed E-state index contributed by atoms with van der Waals surface area (Å²) in [4.78, 5) is 0. The number of hydrazine groups is 1. The van der Waals surface area contributed by atoms with Crippen molar-refractivity contribution in [3.05, 3.63) is 34.1 Å². The zero-order chi connectivity index (χ0) is 12.8. The first-order valence-corrected chi connectivity index (χ1v) is 6.34. The van der Waals surface area contributed by atoms with Gasteiger partial charge in [-0.15, -0.1) is 0 Å². The summed E-state index contributed by atoms with van der Waals surface area (Å²) in [6.45, 7) is 2.01. The maximum absolute atomic E-state index is 13.7. The molecule has 0 radical (unpaired) electrons. The fourth-order valence-electron chi connectivity index (χ4n) is 1.84. The van der Waals surface area contributed by atoms with Gasteiger partial charge in [-0.1, -0.05) is 28.9 Å². The lowest BCUT2D eigenvalue weighted by Crippen LogP contribution is -2.46. The van der Waals surface area contributed by atoms with Crippen LogP contribution in [0.25, 0.3) is 0 Å². The average Bonchev–Trinajstić information content (AvgIpc) is 2.32. The van der Waals surface area contributed by atoms with Gasteiger partial charge in [0.15, 0.2) is 0 Å². The first-order valence-electron chi connectivity index (χ1n) is 5.55. The van der Waals surface area contributed by atoms with Crippen LogP contribution in [0.15, 0.2) is 22.7 Å². The van der Waals surface area contributed by atoms with E-state index < -0.39 is 0 Å². The second kappa shape index (κ2) is 7.06. The van der Waals surface area contributed by atoms with E-state index in [-0.39, 0.29) is 18.0 Å². The lowest BCUT2D eigenvalue weighted by atomic mass is 10.00. The Morgan fingerprint density at radius 1 is 1.53 bits per heavy atom. The van der Waals surface area contributed by atoms with Gasteiger partial charge < -0.3 is 4.74 Å². The zero-order valence-corrected chi connectivity index (χ0v) is 11.6. The molecule has 0 saturated carbocycles. The Balaban J connectivity index is 2.80. The van der Waals surface area contributed by atoms with Gasteiger partial charge in [0.1, 0.15) is 5.82 Å². The molecule has 17 heavy (non-hydrogen) atoms. The maximum atomic E-state index is 13.7. The molecule has 0 aromatic heterocycles. The average molecular weight is 305 g/mol. The first kappa shape index (κ1) is 14.6. The van der Waals surface area contributed by atoms with Crippen molar-refractivity contribution in [1.82, 2.24) is 5.43 Å². The number of hydrogen-bond donors (Lipinski definition) is 2. The third-order valence-electron chi connectivity index (χ3n) is 2.82. The fraction of sp³-hybridized carbons (Fsp3) is 0.500. The van der Waals surface area contributed by atoms with Gasteiger partial charge in [-0.3, -0.25) is 11.3 Å². The van der Waals surface area contributed by atoms with E-state index in [1.807, 2.05) is 13.0 Å². The smallest absolute Gasteiger partial charge is 0.127 e. The van der Waals surface area contributed by atoms with E-state index in [2.05, 4.69) is 21.4 Å². The topological polar surface area (TPSA) is 47.3 Å². The SMILES string of the molecule is CCC(OC)C(Cc1ccc(Br)cc1F)NN. The van der Waals surface area contributed by atoms with E-state index in [1.54, 1.807) is 13.2 Å². The summed E-state index contributed by atoms with van der Waals surface area (Å²) in [6.07, 6.45) is 1.30. The van der Waals surface area contributed by atoms with Gasteiger partial charge in [-0.2, -0.15) is 0 Å². The summed E-state index contributed by atoms with van der Waals surface area (Å²) >= 11 is 3.23. The molecule has 96 valence electrons. The highest BCUT2D eigenvalue weighted by atomic mass is 79.9. The monoisotopic (exact) mass is 304 g/mol. The minimum atomic E-state index is -0.231. The summed E-state index contributed by atoms with van der Waals surface area (Å²) in [5.41, 5.74) is 3.32. The Hall–Kier alpha value is -0.490. The van der Waals surface area contributed by atoms with Crippen molar-refractivity contribution in [1.29, 1.82) is 0 Å². The van der Waals surface area contributed by atoms with Crippen molar-refractivity contribution >= 4 is 15.9 Å². The summed E-state index contributed by atoms with van der Waals surface area (Å²) < 4.78 is 19.7. The minimum Gasteiger partial charge on any atom is -0.380 e. The number of nitrogens with one attached hydrogen (secondary N) is 1. The van der Waals surface area contributed by atoms with Crippen LogP contribution in [0.2, 0.25) is 0 Å². The van der Waals surface area contributed by atoms with Gasteiger partial charge in [0.2, 0.25) is 0 Å². The highest BCUT2D eigenvalue weighted by Gasteiger charge is 2.20. The van der Waals surface area contributed by atoms with E-state index in [0.29, 0.717) is 12.0 Å². The van der Waals surface area contributed by atoms with Crippen molar-refractivity contribution in [3.63, 3.8) is 0 Å². The van der Waals surface area contributed by atoms with Crippen molar-refractivity contribution in [2.75, 3.05) is 7.11 Å². The summed E-state index contributed by atoms with van der Waals surface area (Å²) in [7, 11) is 1.64. The molecule has 1 aromatic carbocycles. The molecule has 0 fully saturated rings. The van der Waals surface area contributed by atoms with Crippen molar-refractivity contribution in [2.45, 2.75) is 31.9 Å². The third kappa shape index (κ3) is 4.03. The van der Waals surface area contributed by atoms with Crippen LogP contribution in [0.1, 0.15) is 18.9 Å². The van der Waals surface area contributed by atoms with E-state index in [1.165, 1.54) is 6.07 Å². The molecule has 1 rings (SSSR count). The van der Waals surface area contributed by atoms with Crippen LogP contribution in [-0.2, 0) is 11.2 Å². The highest BCUT2D eigenvalue weighted by Crippen LogP contribution is 2.18. The molecule has 0 amide bonds.